The molecule has 0 fully saturated rings. The van der Waals surface area contributed by atoms with Crippen molar-refractivity contribution in [1.29, 1.82) is 0 Å². The summed E-state index contributed by atoms with van der Waals surface area (Å²) < 4.78 is 26.4. The number of hydrogen-bond donors (Lipinski definition) is 1. The van der Waals surface area contributed by atoms with E-state index in [4.69, 9.17) is 0 Å². The van der Waals surface area contributed by atoms with Crippen molar-refractivity contribution in [3.63, 3.8) is 0 Å². The van der Waals surface area contributed by atoms with Crippen molar-refractivity contribution >= 4 is 27.7 Å². The molecule has 0 saturated carbocycles. The fourth-order valence-electron chi connectivity index (χ4n) is 3.53. The normalized spacial score (nSPS) is 15.3. The van der Waals surface area contributed by atoms with Crippen LogP contribution in [0.4, 0.5) is 0 Å². The van der Waals surface area contributed by atoms with Crippen molar-refractivity contribution in [3.8, 4) is 0 Å². The van der Waals surface area contributed by atoms with E-state index in [-0.39, 0.29) is 28.8 Å². The van der Waals surface area contributed by atoms with E-state index in [1.165, 1.54) is 23.1 Å². The van der Waals surface area contributed by atoms with Gasteiger partial charge in [0.25, 0.3) is 15.9 Å². The molecule has 0 radical (unpaired) electrons. The number of amides is 3. The van der Waals surface area contributed by atoms with E-state index < -0.39 is 34.4 Å². The minimum atomic E-state index is -4.13. The summed E-state index contributed by atoms with van der Waals surface area (Å²) in [6.45, 7) is 7.33. The van der Waals surface area contributed by atoms with E-state index in [2.05, 4.69) is 5.32 Å². The lowest BCUT2D eigenvalue weighted by Gasteiger charge is -2.30. The Hall–Kier alpha value is -3.20. The zero-order valence-electron chi connectivity index (χ0n) is 19.2. The number of hydrogen-bond acceptors (Lipinski definition) is 5. The van der Waals surface area contributed by atoms with Crippen LogP contribution < -0.4 is 5.32 Å². The second-order valence-corrected chi connectivity index (χ2v) is 10.5. The summed E-state index contributed by atoms with van der Waals surface area (Å²) in [4.78, 5) is 40.0. The predicted molar refractivity (Wildman–Crippen MR) is 124 cm³/mol. The van der Waals surface area contributed by atoms with Crippen LogP contribution >= 0.6 is 0 Å². The van der Waals surface area contributed by atoms with Crippen molar-refractivity contribution in [2.24, 2.45) is 5.92 Å². The zero-order valence-corrected chi connectivity index (χ0v) is 20.1. The van der Waals surface area contributed by atoms with Gasteiger partial charge in [-0.2, -0.15) is 0 Å². The van der Waals surface area contributed by atoms with Crippen LogP contribution in [-0.4, -0.2) is 54.5 Å². The second kappa shape index (κ2) is 9.74. The molecule has 33 heavy (non-hydrogen) atoms. The molecule has 1 heterocycles. The SMILES string of the molecule is Cc1ccc(CN(C(=O)CN2C(=O)c3ccccc3S2(=O)=O)[C@H](C)C(=O)NCC(C)C)cc1. The van der Waals surface area contributed by atoms with Crippen LogP contribution in [0.5, 0.6) is 0 Å². The van der Waals surface area contributed by atoms with Crippen LogP contribution in [0.1, 0.15) is 42.3 Å². The summed E-state index contributed by atoms with van der Waals surface area (Å²) in [5.74, 6) is -1.49. The second-order valence-electron chi connectivity index (χ2n) is 8.64. The number of rotatable bonds is 8. The van der Waals surface area contributed by atoms with Gasteiger partial charge >= 0.3 is 0 Å². The van der Waals surface area contributed by atoms with Crippen LogP contribution in [0.25, 0.3) is 0 Å². The highest BCUT2D eigenvalue weighted by Gasteiger charge is 2.43. The van der Waals surface area contributed by atoms with Crippen LogP contribution in [0.3, 0.4) is 0 Å². The molecule has 0 saturated heterocycles. The largest absolute Gasteiger partial charge is 0.354 e. The highest BCUT2D eigenvalue weighted by molar-refractivity contribution is 7.90. The first kappa shape index (κ1) is 24.4. The summed E-state index contributed by atoms with van der Waals surface area (Å²) in [7, 11) is -4.13. The molecule has 0 unspecified atom stereocenters. The molecule has 2 aromatic rings. The van der Waals surface area contributed by atoms with Gasteiger partial charge in [0.2, 0.25) is 11.8 Å². The first-order valence-corrected chi connectivity index (χ1v) is 12.2. The average Bonchev–Trinajstić information content (AvgIpc) is 2.97. The maximum absolute atomic E-state index is 13.3. The van der Waals surface area contributed by atoms with E-state index in [0.29, 0.717) is 10.8 Å². The number of nitrogens with zero attached hydrogens (tertiary/aromatic N) is 2. The van der Waals surface area contributed by atoms with Crippen molar-refractivity contribution in [2.75, 3.05) is 13.1 Å². The third-order valence-corrected chi connectivity index (χ3v) is 7.30. The minimum absolute atomic E-state index is 0.0399. The molecule has 0 spiro atoms. The third-order valence-electron chi connectivity index (χ3n) is 5.52. The van der Waals surface area contributed by atoms with Crippen LogP contribution in [0, 0.1) is 12.8 Å². The maximum Gasteiger partial charge on any atom is 0.269 e. The monoisotopic (exact) mass is 471 g/mol. The first-order valence-electron chi connectivity index (χ1n) is 10.8. The fourth-order valence-corrected chi connectivity index (χ4v) is 5.04. The number of aryl methyl sites for hydroxylation is 1. The topological polar surface area (TPSA) is 104 Å². The van der Waals surface area contributed by atoms with Crippen molar-refractivity contribution in [3.05, 3.63) is 65.2 Å². The highest BCUT2D eigenvalue weighted by Crippen LogP contribution is 2.30. The number of nitrogens with one attached hydrogen (secondary N) is 1. The van der Waals surface area contributed by atoms with Gasteiger partial charge in [0.15, 0.2) is 0 Å². The Kier molecular flexibility index (Phi) is 7.22. The zero-order chi connectivity index (χ0) is 24.3. The molecule has 0 aliphatic carbocycles. The number of sulfonamides is 1. The quantitative estimate of drug-likeness (QED) is 0.636. The lowest BCUT2D eigenvalue weighted by Crippen LogP contribution is -2.51. The van der Waals surface area contributed by atoms with Crippen LogP contribution in [0.2, 0.25) is 0 Å². The van der Waals surface area contributed by atoms with Crippen molar-refractivity contribution < 1.29 is 22.8 Å². The predicted octanol–water partition coefficient (Wildman–Crippen LogP) is 2.33. The maximum atomic E-state index is 13.3. The molecule has 176 valence electrons. The Morgan fingerprint density at radius 2 is 1.67 bits per heavy atom. The van der Waals surface area contributed by atoms with Crippen molar-refractivity contribution in [2.45, 2.75) is 45.2 Å². The smallest absolute Gasteiger partial charge is 0.269 e. The van der Waals surface area contributed by atoms with Gasteiger partial charge in [0.1, 0.15) is 17.5 Å². The van der Waals surface area contributed by atoms with Crippen molar-refractivity contribution in [1.82, 2.24) is 14.5 Å². The van der Waals surface area contributed by atoms with E-state index in [1.807, 2.05) is 45.0 Å². The molecule has 1 N–H and O–H groups in total. The number of benzene rings is 2. The Balaban J connectivity index is 1.86. The Morgan fingerprint density at radius 3 is 2.27 bits per heavy atom. The molecule has 1 aliphatic rings. The highest BCUT2D eigenvalue weighted by atomic mass is 32.2. The molecule has 8 nitrogen and oxygen atoms in total. The molecule has 0 bridgehead atoms. The standard InChI is InChI=1S/C24H29N3O5S/c1-16(2)13-25-23(29)18(4)26(14-19-11-9-17(3)10-12-19)22(28)15-27-24(30)20-7-5-6-8-21(20)33(27,31)32/h5-12,16,18H,13-15H2,1-4H3,(H,25,29)/t18-/m1/s1. The number of fused-ring (bicyclic) bond motifs is 1. The van der Waals surface area contributed by atoms with E-state index in [1.54, 1.807) is 13.0 Å². The Bertz CT molecular complexity index is 1160. The third kappa shape index (κ3) is 5.24. The van der Waals surface area contributed by atoms with E-state index in [9.17, 15) is 22.8 Å². The van der Waals surface area contributed by atoms with Gasteiger partial charge < -0.3 is 10.2 Å². The van der Waals surface area contributed by atoms with Gasteiger partial charge in [-0.15, -0.1) is 0 Å². The average molecular weight is 472 g/mol. The van der Waals surface area contributed by atoms with Gasteiger partial charge in [-0.3, -0.25) is 14.4 Å². The lowest BCUT2D eigenvalue weighted by molar-refractivity contribution is -0.140. The Labute approximate surface area is 194 Å². The van der Waals surface area contributed by atoms with Crippen LogP contribution in [-0.2, 0) is 26.2 Å². The molecule has 1 aliphatic heterocycles. The summed E-state index contributed by atoms with van der Waals surface area (Å²) in [6, 6.07) is 12.5. The van der Waals surface area contributed by atoms with E-state index >= 15 is 0 Å². The fraction of sp³-hybridized carbons (Fsp3) is 0.375. The van der Waals surface area contributed by atoms with E-state index in [0.717, 1.165) is 11.1 Å². The molecule has 9 heteroatoms. The van der Waals surface area contributed by atoms with Gasteiger partial charge in [-0.05, 0) is 37.5 Å². The molecule has 0 aromatic heterocycles. The number of carbonyl (C=O) groups excluding carboxylic acids is 3. The van der Waals surface area contributed by atoms with Crippen LogP contribution in [0.15, 0.2) is 53.4 Å². The van der Waals surface area contributed by atoms with Gasteiger partial charge in [-0.25, -0.2) is 12.7 Å². The molecule has 1 atom stereocenters. The summed E-state index contributed by atoms with van der Waals surface area (Å²) >= 11 is 0. The summed E-state index contributed by atoms with van der Waals surface area (Å²) in [5.41, 5.74) is 1.88. The lowest BCUT2D eigenvalue weighted by atomic mass is 10.1. The molecule has 3 amide bonds. The molecular weight excluding hydrogens is 442 g/mol. The molecule has 3 rings (SSSR count). The van der Waals surface area contributed by atoms with Gasteiger partial charge in [0, 0.05) is 13.1 Å². The van der Waals surface area contributed by atoms with Gasteiger partial charge in [-0.1, -0.05) is 55.8 Å². The Morgan fingerprint density at radius 1 is 1.03 bits per heavy atom. The molecular formula is C24H29N3O5S. The minimum Gasteiger partial charge on any atom is -0.354 e. The number of carbonyl (C=O) groups is 3. The first-order chi connectivity index (χ1) is 15.5. The summed E-state index contributed by atoms with van der Waals surface area (Å²) in [6.07, 6.45) is 0. The summed E-state index contributed by atoms with van der Waals surface area (Å²) in [5, 5.41) is 2.81. The van der Waals surface area contributed by atoms with Gasteiger partial charge in [0.05, 0.1) is 5.56 Å². The molecule has 2 aromatic carbocycles.